The molecule has 0 aliphatic carbocycles. The number of carbonyl (C=O) groups excluding carboxylic acids is 2. The fourth-order valence-electron chi connectivity index (χ4n) is 2.32. The number of guanidine groups is 1. The van der Waals surface area contributed by atoms with E-state index in [4.69, 9.17) is 4.42 Å². The van der Waals surface area contributed by atoms with Crippen molar-refractivity contribution >= 4 is 17.8 Å². The van der Waals surface area contributed by atoms with Gasteiger partial charge in [0.25, 0.3) is 5.91 Å². The minimum atomic E-state index is -0.0969. The number of amides is 2. The van der Waals surface area contributed by atoms with Crippen molar-refractivity contribution < 1.29 is 14.0 Å². The number of aliphatic imine (C=N–C) groups is 1. The van der Waals surface area contributed by atoms with Crippen LogP contribution in [0.25, 0.3) is 0 Å². The molecule has 0 saturated carbocycles. The van der Waals surface area contributed by atoms with E-state index in [1.807, 2.05) is 4.90 Å². The molecule has 1 aromatic heterocycles. The Hall–Kier alpha value is -2.51. The first-order valence-electron chi connectivity index (χ1n) is 7.51. The number of rotatable bonds is 3. The van der Waals surface area contributed by atoms with Crippen LogP contribution in [0.1, 0.15) is 10.6 Å². The Bertz CT molecular complexity index is 560. The average Bonchev–Trinajstić information content (AvgIpc) is 3.09. The van der Waals surface area contributed by atoms with Crippen LogP contribution in [-0.2, 0) is 4.79 Å². The molecule has 8 heteroatoms. The number of likely N-dealkylation sites (N-methyl/N-ethyl adjacent to an activating group) is 1. The molecular weight excluding hydrogens is 298 g/mol. The SMILES string of the molecule is CN=C(NCC(=O)N(C)C)N1CCN(C(=O)c2ccco2)CC1. The maximum absolute atomic E-state index is 12.2. The monoisotopic (exact) mass is 321 g/mol. The predicted octanol–water partition coefficient (Wildman–Crippen LogP) is -0.299. The van der Waals surface area contributed by atoms with Gasteiger partial charge in [0, 0.05) is 47.3 Å². The highest BCUT2D eigenvalue weighted by atomic mass is 16.3. The first-order chi connectivity index (χ1) is 11.0. The van der Waals surface area contributed by atoms with Gasteiger partial charge in [-0.05, 0) is 12.1 Å². The second kappa shape index (κ2) is 7.66. The lowest BCUT2D eigenvalue weighted by Crippen LogP contribution is -2.54. The molecule has 2 amide bonds. The molecule has 2 rings (SSSR count). The minimum Gasteiger partial charge on any atom is -0.459 e. The molecule has 2 heterocycles. The van der Waals surface area contributed by atoms with Gasteiger partial charge in [-0.15, -0.1) is 0 Å². The zero-order chi connectivity index (χ0) is 16.8. The molecule has 0 unspecified atom stereocenters. The lowest BCUT2D eigenvalue weighted by atomic mass is 10.3. The van der Waals surface area contributed by atoms with Crippen LogP contribution in [0.4, 0.5) is 0 Å². The number of nitrogens with zero attached hydrogens (tertiary/aromatic N) is 4. The lowest BCUT2D eigenvalue weighted by molar-refractivity contribution is -0.127. The Morgan fingerprint density at radius 1 is 1.26 bits per heavy atom. The zero-order valence-electron chi connectivity index (χ0n) is 13.8. The van der Waals surface area contributed by atoms with Crippen LogP contribution in [0.5, 0.6) is 0 Å². The summed E-state index contributed by atoms with van der Waals surface area (Å²) in [5.41, 5.74) is 0. The molecule has 23 heavy (non-hydrogen) atoms. The van der Waals surface area contributed by atoms with Crippen molar-refractivity contribution in [2.45, 2.75) is 0 Å². The summed E-state index contributed by atoms with van der Waals surface area (Å²) in [7, 11) is 5.11. The summed E-state index contributed by atoms with van der Waals surface area (Å²) in [6.07, 6.45) is 1.50. The molecule has 1 N–H and O–H groups in total. The summed E-state index contributed by atoms with van der Waals surface area (Å²) in [4.78, 5) is 33.4. The van der Waals surface area contributed by atoms with Crippen molar-refractivity contribution in [1.82, 2.24) is 20.0 Å². The Morgan fingerprint density at radius 2 is 1.91 bits per heavy atom. The molecule has 0 radical (unpaired) electrons. The molecule has 0 atom stereocenters. The lowest BCUT2D eigenvalue weighted by Gasteiger charge is -2.36. The number of carbonyl (C=O) groups is 2. The van der Waals surface area contributed by atoms with Crippen molar-refractivity contribution in [1.29, 1.82) is 0 Å². The molecule has 0 aromatic carbocycles. The van der Waals surface area contributed by atoms with Crippen molar-refractivity contribution in [2.24, 2.45) is 4.99 Å². The van der Waals surface area contributed by atoms with Gasteiger partial charge >= 0.3 is 0 Å². The molecule has 1 aliphatic heterocycles. The molecule has 1 saturated heterocycles. The molecule has 8 nitrogen and oxygen atoms in total. The van der Waals surface area contributed by atoms with Gasteiger partial charge in [-0.1, -0.05) is 0 Å². The second-order valence-electron chi connectivity index (χ2n) is 5.45. The van der Waals surface area contributed by atoms with Crippen LogP contribution in [0.3, 0.4) is 0 Å². The molecule has 1 aliphatic rings. The molecular formula is C15H23N5O3. The summed E-state index contributed by atoms with van der Waals surface area (Å²) in [5, 5.41) is 3.05. The summed E-state index contributed by atoms with van der Waals surface area (Å²) < 4.78 is 5.15. The average molecular weight is 321 g/mol. The van der Waals surface area contributed by atoms with Gasteiger partial charge in [0.2, 0.25) is 5.91 Å². The maximum atomic E-state index is 12.2. The third-order valence-electron chi connectivity index (χ3n) is 3.71. The van der Waals surface area contributed by atoms with E-state index in [0.717, 1.165) is 0 Å². The summed E-state index contributed by atoms with van der Waals surface area (Å²) in [5.74, 6) is 0.918. The highest BCUT2D eigenvalue weighted by Gasteiger charge is 2.25. The quantitative estimate of drug-likeness (QED) is 0.611. The summed E-state index contributed by atoms with van der Waals surface area (Å²) in [6.45, 7) is 2.68. The van der Waals surface area contributed by atoms with Gasteiger partial charge in [-0.3, -0.25) is 14.6 Å². The number of hydrogen-bond donors (Lipinski definition) is 1. The summed E-state index contributed by atoms with van der Waals surface area (Å²) in [6, 6.07) is 3.37. The Morgan fingerprint density at radius 3 is 2.43 bits per heavy atom. The molecule has 1 fully saturated rings. The number of nitrogens with one attached hydrogen (secondary N) is 1. The third kappa shape index (κ3) is 4.24. The van der Waals surface area contributed by atoms with Gasteiger partial charge < -0.3 is 24.4 Å². The Kier molecular flexibility index (Phi) is 5.61. The fraction of sp³-hybridized carbons (Fsp3) is 0.533. The maximum Gasteiger partial charge on any atom is 0.289 e. The number of furan rings is 1. The van der Waals surface area contributed by atoms with E-state index in [9.17, 15) is 9.59 Å². The summed E-state index contributed by atoms with van der Waals surface area (Å²) >= 11 is 0. The Balaban J connectivity index is 1.85. The predicted molar refractivity (Wildman–Crippen MR) is 86.2 cm³/mol. The zero-order valence-corrected chi connectivity index (χ0v) is 13.8. The van der Waals surface area contributed by atoms with Gasteiger partial charge in [-0.25, -0.2) is 0 Å². The normalized spacial score (nSPS) is 15.5. The largest absolute Gasteiger partial charge is 0.459 e. The first kappa shape index (κ1) is 16.9. The second-order valence-corrected chi connectivity index (χ2v) is 5.45. The minimum absolute atomic E-state index is 0.0159. The van der Waals surface area contributed by atoms with Gasteiger partial charge in [0.05, 0.1) is 12.8 Å². The van der Waals surface area contributed by atoms with E-state index in [-0.39, 0.29) is 18.4 Å². The van der Waals surface area contributed by atoms with Crippen LogP contribution >= 0.6 is 0 Å². The highest BCUT2D eigenvalue weighted by Crippen LogP contribution is 2.09. The van der Waals surface area contributed by atoms with Crippen LogP contribution < -0.4 is 5.32 Å². The van der Waals surface area contributed by atoms with Crippen LogP contribution in [0.2, 0.25) is 0 Å². The topological polar surface area (TPSA) is 81.4 Å². The molecule has 0 spiro atoms. The van der Waals surface area contributed by atoms with E-state index in [1.165, 1.54) is 11.2 Å². The van der Waals surface area contributed by atoms with E-state index in [2.05, 4.69) is 10.3 Å². The van der Waals surface area contributed by atoms with E-state index in [1.54, 1.807) is 38.2 Å². The van der Waals surface area contributed by atoms with Crippen LogP contribution in [0.15, 0.2) is 27.8 Å². The molecule has 126 valence electrons. The molecule has 1 aromatic rings. The smallest absolute Gasteiger partial charge is 0.289 e. The van der Waals surface area contributed by atoms with Crippen LogP contribution in [-0.4, -0.2) is 86.3 Å². The van der Waals surface area contributed by atoms with Crippen molar-refractivity contribution in [3.05, 3.63) is 24.2 Å². The van der Waals surface area contributed by atoms with E-state index >= 15 is 0 Å². The van der Waals surface area contributed by atoms with Crippen molar-refractivity contribution in [3.63, 3.8) is 0 Å². The van der Waals surface area contributed by atoms with Gasteiger partial charge in [0.1, 0.15) is 0 Å². The first-order valence-corrected chi connectivity index (χ1v) is 7.51. The van der Waals surface area contributed by atoms with Gasteiger partial charge in [-0.2, -0.15) is 0 Å². The Labute approximate surface area is 135 Å². The van der Waals surface area contributed by atoms with E-state index in [0.29, 0.717) is 37.9 Å². The van der Waals surface area contributed by atoms with Crippen molar-refractivity contribution in [3.8, 4) is 0 Å². The van der Waals surface area contributed by atoms with Gasteiger partial charge in [0.15, 0.2) is 11.7 Å². The number of piperazine rings is 1. The third-order valence-corrected chi connectivity index (χ3v) is 3.71. The number of hydrogen-bond acceptors (Lipinski definition) is 4. The van der Waals surface area contributed by atoms with Crippen molar-refractivity contribution in [2.75, 3.05) is 53.9 Å². The standard InChI is InChI=1S/C15H23N5O3/c1-16-15(17-11-13(21)18(2)3)20-8-6-19(7-9-20)14(22)12-5-4-10-23-12/h4-5,10H,6-9,11H2,1-3H3,(H,16,17). The van der Waals surface area contributed by atoms with Crippen LogP contribution in [0, 0.1) is 0 Å². The van der Waals surface area contributed by atoms with E-state index < -0.39 is 0 Å². The fourth-order valence-corrected chi connectivity index (χ4v) is 2.32. The molecule has 0 bridgehead atoms. The highest BCUT2D eigenvalue weighted by molar-refractivity contribution is 5.92.